The van der Waals surface area contributed by atoms with E-state index in [1.807, 2.05) is 0 Å². The molecule has 0 aromatic carbocycles. The van der Waals surface area contributed by atoms with Crippen molar-refractivity contribution in [3.8, 4) is 0 Å². The standard InChI is InChI=1S/C13H23NO3/c1-16-9-11-3-2-5-14(7-11)8-13(15)12-4-6-17-10-12/h11-12H,2-10H2,1H3. The second-order valence-electron chi connectivity index (χ2n) is 5.23. The maximum absolute atomic E-state index is 12.0. The lowest BCUT2D eigenvalue weighted by atomic mass is 9.97. The average molecular weight is 241 g/mol. The van der Waals surface area contributed by atoms with Crippen LogP contribution in [-0.4, -0.2) is 57.2 Å². The van der Waals surface area contributed by atoms with E-state index in [9.17, 15) is 4.79 Å². The lowest BCUT2D eigenvalue weighted by molar-refractivity contribution is -0.124. The number of ketones is 1. The van der Waals surface area contributed by atoms with E-state index in [0.29, 0.717) is 24.9 Å². The third-order valence-electron chi connectivity index (χ3n) is 3.77. The molecule has 2 fully saturated rings. The van der Waals surface area contributed by atoms with Crippen molar-refractivity contribution >= 4 is 5.78 Å². The SMILES string of the molecule is COCC1CCCN(CC(=O)C2CCOC2)C1. The summed E-state index contributed by atoms with van der Waals surface area (Å²) in [5.74, 6) is 1.11. The molecule has 0 N–H and O–H groups in total. The number of hydrogen-bond donors (Lipinski definition) is 0. The van der Waals surface area contributed by atoms with Crippen molar-refractivity contribution < 1.29 is 14.3 Å². The van der Waals surface area contributed by atoms with E-state index in [1.165, 1.54) is 12.8 Å². The van der Waals surface area contributed by atoms with Gasteiger partial charge in [-0.25, -0.2) is 0 Å². The predicted octanol–water partition coefficient (Wildman–Crippen LogP) is 0.950. The number of nitrogens with zero attached hydrogens (tertiary/aromatic N) is 1. The van der Waals surface area contributed by atoms with Gasteiger partial charge in [0, 0.05) is 26.2 Å². The van der Waals surface area contributed by atoms with E-state index in [1.54, 1.807) is 7.11 Å². The van der Waals surface area contributed by atoms with Crippen LogP contribution in [0.1, 0.15) is 19.3 Å². The summed E-state index contributed by atoms with van der Waals surface area (Å²) in [4.78, 5) is 14.3. The Labute approximate surface area is 103 Å². The van der Waals surface area contributed by atoms with Gasteiger partial charge < -0.3 is 9.47 Å². The maximum Gasteiger partial charge on any atom is 0.152 e. The molecule has 0 bridgehead atoms. The molecule has 2 atom stereocenters. The lowest BCUT2D eigenvalue weighted by Gasteiger charge is -2.32. The third kappa shape index (κ3) is 3.76. The molecular formula is C13H23NO3. The summed E-state index contributed by atoms with van der Waals surface area (Å²) in [7, 11) is 1.75. The Kier molecular flexibility index (Phi) is 4.95. The Morgan fingerprint density at radius 2 is 2.35 bits per heavy atom. The Bertz CT molecular complexity index is 249. The largest absolute Gasteiger partial charge is 0.384 e. The highest BCUT2D eigenvalue weighted by Gasteiger charge is 2.27. The zero-order valence-electron chi connectivity index (χ0n) is 10.7. The number of piperidine rings is 1. The quantitative estimate of drug-likeness (QED) is 0.718. The highest BCUT2D eigenvalue weighted by Crippen LogP contribution is 2.19. The number of carbonyl (C=O) groups excluding carboxylic acids is 1. The van der Waals surface area contributed by atoms with Crippen LogP contribution in [0.25, 0.3) is 0 Å². The highest BCUT2D eigenvalue weighted by molar-refractivity contribution is 5.83. The van der Waals surface area contributed by atoms with Gasteiger partial charge in [0.25, 0.3) is 0 Å². The lowest BCUT2D eigenvalue weighted by Crippen LogP contribution is -2.41. The first-order valence-electron chi connectivity index (χ1n) is 6.61. The molecule has 2 aliphatic rings. The van der Waals surface area contributed by atoms with Crippen molar-refractivity contribution in [2.75, 3.05) is 46.6 Å². The Morgan fingerprint density at radius 3 is 3.06 bits per heavy atom. The van der Waals surface area contributed by atoms with Gasteiger partial charge in [-0.15, -0.1) is 0 Å². The van der Waals surface area contributed by atoms with Gasteiger partial charge in [-0.2, -0.15) is 0 Å². The van der Waals surface area contributed by atoms with Crippen LogP contribution in [0.3, 0.4) is 0 Å². The molecule has 0 spiro atoms. The number of carbonyl (C=O) groups is 1. The molecule has 4 heteroatoms. The second kappa shape index (κ2) is 6.47. The van der Waals surface area contributed by atoms with E-state index < -0.39 is 0 Å². The van der Waals surface area contributed by atoms with E-state index in [0.717, 1.165) is 32.7 Å². The number of Topliss-reactive ketones (excluding diaryl/α,β-unsaturated/α-hetero) is 1. The van der Waals surface area contributed by atoms with Gasteiger partial charge in [0.2, 0.25) is 0 Å². The number of methoxy groups -OCH3 is 1. The van der Waals surface area contributed by atoms with Crippen LogP contribution in [0.2, 0.25) is 0 Å². The first-order valence-corrected chi connectivity index (χ1v) is 6.61. The minimum absolute atomic E-state index is 0.151. The summed E-state index contributed by atoms with van der Waals surface area (Å²) in [6, 6.07) is 0. The fourth-order valence-corrected chi connectivity index (χ4v) is 2.80. The summed E-state index contributed by atoms with van der Waals surface area (Å²) in [6.07, 6.45) is 3.32. The topological polar surface area (TPSA) is 38.8 Å². The molecule has 98 valence electrons. The molecule has 2 rings (SSSR count). The van der Waals surface area contributed by atoms with Crippen LogP contribution in [0.4, 0.5) is 0 Å². The molecule has 0 aromatic rings. The molecule has 2 unspecified atom stereocenters. The van der Waals surface area contributed by atoms with Crippen LogP contribution in [0.15, 0.2) is 0 Å². The van der Waals surface area contributed by atoms with Crippen molar-refractivity contribution in [1.29, 1.82) is 0 Å². The zero-order chi connectivity index (χ0) is 12.1. The smallest absolute Gasteiger partial charge is 0.152 e. The molecule has 4 nitrogen and oxygen atoms in total. The summed E-state index contributed by atoms with van der Waals surface area (Å²) in [5, 5.41) is 0. The van der Waals surface area contributed by atoms with Gasteiger partial charge in [0.1, 0.15) is 0 Å². The van der Waals surface area contributed by atoms with Crippen LogP contribution < -0.4 is 0 Å². The number of rotatable bonds is 5. The Hall–Kier alpha value is -0.450. The molecular weight excluding hydrogens is 218 g/mol. The van der Waals surface area contributed by atoms with Crippen LogP contribution in [-0.2, 0) is 14.3 Å². The molecule has 2 saturated heterocycles. The first-order chi connectivity index (χ1) is 8.29. The van der Waals surface area contributed by atoms with Crippen LogP contribution in [0.5, 0.6) is 0 Å². The molecule has 0 amide bonds. The minimum Gasteiger partial charge on any atom is -0.384 e. The van der Waals surface area contributed by atoms with E-state index in [-0.39, 0.29) is 5.92 Å². The minimum atomic E-state index is 0.151. The van der Waals surface area contributed by atoms with Gasteiger partial charge in [-0.3, -0.25) is 9.69 Å². The van der Waals surface area contributed by atoms with Crippen LogP contribution in [0, 0.1) is 11.8 Å². The van der Waals surface area contributed by atoms with E-state index in [2.05, 4.69) is 4.90 Å². The van der Waals surface area contributed by atoms with Crippen molar-refractivity contribution in [1.82, 2.24) is 4.90 Å². The van der Waals surface area contributed by atoms with Crippen molar-refractivity contribution in [2.24, 2.45) is 11.8 Å². The summed E-state index contributed by atoms with van der Waals surface area (Å²) < 4.78 is 10.5. The van der Waals surface area contributed by atoms with Crippen molar-refractivity contribution in [3.05, 3.63) is 0 Å². The molecule has 2 aliphatic heterocycles. The van der Waals surface area contributed by atoms with E-state index >= 15 is 0 Å². The normalized spacial score (nSPS) is 30.6. The molecule has 2 heterocycles. The third-order valence-corrected chi connectivity index (χ3v) is 3.77. The molecule has 17 heavy (non-hydrogen) atoms. The zero-order valence-corrected chi connectivity index (χ0v) is 10.7. The first kappa shape index (κ1) is 13.0. The highest BCUT2D eigenvalue weighted by atomic mass is 16.5. The maximum atomic E-state index is 12.0. The predicted molar refractivity (Wildman–Crippen MR) is 65.0 cm³/mol. The van der Waals surface area contributed by atoms with Gasteiger partial charge in [0.05, 0.1) is 19.8 Å². The van der Waals surface area contributed by atoms with E-state index in [4.69, 9.17) is 9.47 Å². The average Bonchev–Trinajstić information content (AvgIpc) is 2.83. The molecule has 0 aliphatic carbocycles. The number of ether oxygens (including phenoxy) is 2. The van der Waals surface area contributed by atoms with Gasteiger partial charge in [-0.05, 0) is 31.7 Å². The van der Waals surface area contributed by atoms with Gasteiger partial charge in [-0.1, -0.05) is 0 Å². The Balaban J connectivity index is 1.75. The fourth-order valence-electron chi connectivity index (χ4n) is 2.80. The Morgan fingerprint density at radius 1 is 1.47 bits per heavy atom. The summed E-state index contributed by atoms with van der Waals surface area (Å²) in [5.41, 5.74) is 0. The molecule has 0 aromatic heterocycles. The van der Waals surface area contributed by atoms with Crippen LogP contribution >= 0.6 is 0 Å². The molecule has 0 saturated carbocycles. The summed E-state index contributed by atoms with van der Waals surface area (Å²) >= 11 is 0. The van der Waals surface area contributed by atoms with Gasteiger partial charge in [0.15, 0.2) is 5.78 Å². The monoisotopic (exact) mass is 241 g/mol. The number of hydrogen-bond acceptors (Lipinski definition) is 4. The summed E-state index contributed by atoms with van der Waals surface area (Å²) in [6.45, 7) is 4.87. The van der Waals surface area contributed by atoms with Crippen molar-refractivity contribution in [2.45, 2.75) is 19.3 Å². The van der Waals surface area contributed by atoms with Crippen molar-refractivity contribution in [3.63, 3.8) is 0 Å². The number of likely N-dealkylation sites (tertiary alicyclic amines) is 1. The molecule has 0 radical (unpaired) electrons. The van der Waals surface area contributed by atoms with Gasteiger partial charge >= 0.3 is 0 Å². The fraction of sp³-hybridized carbons (Fsp3) is 0.923. The second-order valence-corrected chi connectivity index (χ2v) is 5.23.